The number of ether oxygens (including phenoxy) is 1. The molecule has 3 aromatic heterocycles. The Morgan fingerprint density at radius 2 is 2.03 bits per heavy atom. The van der Waals surface area contributed by atoms with Crippen LogP contribution < -0.4 is 10.6 Å². The van der Waals surface area contributed by atoms with Gasteiger partial charge in [-0.25, -0.2) is 14.8 Å². The summed E-state index contributed by atoms with van der Waals surface area (Å²) in [7, 11) is 1.82. The Bertz CT molecular complexity index is 1680. The lowest BCUT2D eigenvalue weighted by atomic mass is 10.2. The highest BCUT2D eigenvalue weighted by atomic mass is 79.9. The van der Waals surface area contributed by atoms with Gasteiger partial charge in [0, 0.05) is 36.2 Å². The van der Waals surface area contributed by atoms with Gasteiger partial charge in [0.1, 0.15) is 12.6 Å². The van der Waals surface area contributed by atoms with Gasteiger partial charge in [0.05, 0.1) is 23.8 Å². The lowest BCUT2D eigenvalue weighted by molar-refractivity contribution is -0.121. The van der Waals surface area contributed by atoms with E-state index < -0.39 is 12.1 Å². The van der Waals surface area contributed by atoms with E-state index in [2.05, 4.69) is 36.8 Å². The Balaban J connectivity index is 1.32. The van der Waals surface area contributed by atoms with Gasteiger partial charge in [-0.05, 0) is 33.6 Å². The van der Waals surface area contributed by atoms with Gasteiger partial charge in [0.25, 0.3) is 0 Å². The molecule has 0 radical (unpaired) electrons. The van der Waals surface area contributed by atoms with E-state index in [1.165, 1.54) is 4.90 Å². The van der Waals surface area contributed by atoms with Crippen molar-refractivity contribution in [3.8, 4) is 11.4 Å². The number of aryl methyl sites for hydroxylation is 1. The molecule has 0 bridgehead atoms. The Morgan fingerprint density at radius 3 is 2.82 bits per heavy atom. The van der Waals surface area contributed by atoms with E-state index in [0.717, 1.165) is 21.0 Å². The second kappa shape index (κ2) is 10.3. The summed E-state index contributed by atoms with van der Waals surface area (Å²) in [5.74, 6) is 0.520. The Kier molecular flexibility index (Phi) is 6.57. The van der Waals surface area contributed by atoms with E-state index in [-0.39, 0.29) is 19.1 Å². The lowest BCUT2D eigenvalue weighted by Crippen LogP contribution is -2.44. The van der Waals surface area contributed by atoms with Crippen LogP contribution in [0.5, 0.6) is 0 Å². The van der Waals surface area contributed by atoms with Crippen LogP contribution >= 0.6 is 15.9 Å². The van der Waals surface area contributed by atoms with Crippen LogP contribution in [-0.2, 0) is 23.2 Å². The zero-order valence-corrected chi connectivity index (χ0v) is 22.5. The number of fused-ring (bicyclic) bond motifs is 3. The molecule has 4 heterocycles. The average Bonchev–Trinajstić information content (AvgIpc) is 3.54. The van der Waals surface area contributed by atoms with Crippen LogP contribution in [0.1, 0.15) is 5.56 Å². The quantitative estimate of drug-likeness (QED) is 0.320. The number of halogens is 1. The smallest absolute Gasteiger partial charge is 0.410 e. The van der Waals surface area contributed by atoms with Crippen molar-refractivity contribution in [3.05, 3.63) is 71.0 Å². The number of aromatic nitrogens is 6. The molecule has 2 amide bonds. The minimum Gasteiger partial charge on any atom is -0.445 e. The maximum absolute atomic E-state index is 13.0. The molecule has 0 saturated carbocycles. The van der Waals surface area contributed by atoms with Crippen molar-refractivity contribution in [2.24, 2.45) is 7.05 Å². The first kappa shape index (κ1) is 24.8. The van der Waals surface area contributed by atoms with Crippen LogP contribution in [0.4, 0.5) is 10.7 Å². The molecule has 13 heteroatoms. The second-order valence-electron chi connectivity index (χ2n) is 9.12. The topological polar surface area (TPSA) is 132 Å². The molecule has 0 aliphatic carbocycles. The molecule has 1 aliphatic heterocycles. The van der Waals surface area contributed by atoms with Crippen molar-refractivity contribution < 1.29 is 14.3 Å². The van der Waals surface area contributed by atoms with Gasteiger partial charge in [-0.15, -0.1) is 5.10 Å². The molecule has 1 saturated heterocycles. The van der Waals surface area contributed by atoms with E-state index in [9.17, 15) is 9.59 Å². The summed E-state index contributed by atoms with van der Waals surface area (Å²) in [5.41, 5.74) is 2.85. The number of nitrogens with zero attached hydrogens (tertiary/aromatic N) is 7. The van der Waals surface area contributed by atoms with Crippen LogP contribution in [-0.4, -0.2) is 71.9 Å². The van der Waals surface area contributed by atoms with Gasteiger partial charge in [0.2, 0.25) is 11.9 Å². The Morgan fingerprint density at radius 1 is 1.18 bits per heavy atom. The number of nitrogens with one attached hydrogen (secondary N) is 2. The van der Waals surface area contributed by atoms with Crippen LogP contribution in [0.25, 0.3) is 27.9 Å². The highest BCUT2D eigenvalue weighted by molar-refractivity contribution is 9.10. The molecule has 39 heavy (non-hydrogen) atoms. The number of rotatable bonds is 5. The van der Waals surface area contributed by atoms with Gasteiger partial charge >= 0.3 is 6.09 Å². The average molecular weight is 590 g/mol. The molecule has 12 nitrogen and oxygen atoms in total. The van der Waals surface area contributed by atoms with Crippen molar-refractivity contribution >= 4 is 50.4 Å². The molecule has 6 rings (SSSR count). The second-order valence-corrected chi connectivity index (χ2v) is 9.97. The van der Waals surface area contributed by atoms with E-state index in [1.807, 2.05) is 61.8 Å². The fraction of sp³-hybridized carbons (Fsp3) is 0.231. The minimum atomic E-state index is -0.807. The number of amides is 2. The first-order valence-corrected chi connectivity index (χ1v) is 13.1. The first-order valence-electron chi connectivity index (χ1n) is 12.3. The van der Waals surface area contributed by atoms with Gasteiger partial charge in [0.15, 0.2) is 11.5 Å². The maximum Gasteiger partial charge on any atom is 0.410 e. The van der Waals surface area contributed by atoms with Crippen LogP contribution in [0.15, 0.2) is 65.4 Å². The number of anilines is 1. The molecule has 2 aromatic carbocycles. The van der Waals surface area contributed by atoms with Gasteiger partial charge in [-0.3, -0.25) is 9.48 Å². The van der Waals surface area contributed by atoms with Gasteiger partial charge in [-0.2, -0.15) is 9.61 Å². The van der Waals surface area contributed by atoms with Crippen molar-refractivity contribution in [1.82, 2.24) is 39.6 Å². The van der Waals surface area contributed by atoms with Crippen molar-refractivity contribution in [2.75, 3.05) is 25.0 Å². The summed E-state index contributed by atoms with van der Waals surface area (Å²) in [6, 6.07) is 14.3. The summed E-state index contributed by atoms with van der Waals surface area (Å²) in [4.78, 5) is 37.0. The normalized spacial score (nSPS) is 15.8. The molecule has 0 spiro atoms. The Hall–Kier alpha value is -4.52. The summed E-state index contributed by atoms with van der Waals surface area (Å²) >= 11 is 3.58. The third kappa shape index (κ3) is 5.00. The zero-order chi connectivity index (χ0) is 26.9. The molecule has 5 aromatic rings. The molecular weight excluding hydrogens is 566 g/mol. The molecule has 1 aliphatic rings. The maximum atomic E-state index is 13.0. The summed E-state index contributed by atoms with van der Waals surface area (Å²) in [6.07, 6.45) is 3.01. The standard InChI is InChI=1S/C26H24BrN9O3/c1-34-13-17(12-29-34)22-32-23-18-8-5-9-19(27)21(18)31-25(36(23)33-22)30-20-14-35(11-10-28-24(20)37)26(38)39-15-16-6-3-2-4-7-16/h2-9,12-13,20H,10-11,14-15H2,1H3,(H,28,37)(H,30,31)/t20-/m1/s1. The number of benzene rings is 2. The molecule has 0 unspecified atom stereocenters. The number of carbonyl (C=O) groups is 2. The molecule has 1 atom stereocenters. The van der Waals surface area contributed by atoms with E-state index >= 15 is 0 Å². The highest BCUT2D eigenvalue weighted by Gasteiger charge is 2.30. The minimum absolute atomic E-state index is 0.0841. The van der Waals surface area contributed by atoms with Gasteiger partial charge < -0.3 is 20.3 Å². The van der Waals surface area contributed by atoms with Crippen molar-refractivity contribution in [2.45, 2.75) is 12.6 Å². The van der Waals surface area contributed by atoms with Crippen LogP contribution in [0, 0.1) is 0 Å². The fourth-order valence-electron chi connectivity index (χ4n) is 4.42. The highest BCUT2D eigenvalue weighted by Crippen LogP contribution is 2.29. The molecule has 198 valence electrons. The van der Waals surface area contributed by atoms with Crippen molar-refractivity contribution in [3.63, 3.8) is 0 Å². The van der Waals surface area contributed by atoms with E-state index in [4.69, 9.17) is 14.7 Å². The number of hydrogen-bond acceptors (Lipinski definition) is 8. The summed E-state index contributed by atoms with van der Waals surface area (Å²) < 4.78 is 9.54. The number of hydrogen-bond donors (Lipinski definition) is 2. The first-order chi connectivity index (χ1) is 19.0. The van der Waals surface area contributed by atoms with Crippen LogP contribution in [0.2, 0.25) is 0 Å². The predicted octanol–water partition coefficient (Wildman–Crippen LogP) is 2.99. The van der Waals surface area contributed by atoms with Crippen molar-refractivity contribution in [1.29, 1.82) is 0 Å². The lowest BCUT2D eigenvalue weighted by Gasteiger charge is -2.23. The molecule has 2 N–H and O–H groups in total. The van der Waals surface area contributed by atoms with Gasteiger partial charge in [-0.1, -0.05) is 36.4 Å². The van der Waals surface area contributed by atoms with E-state index in [1.54, 1.807) is 15.4 Å². The number of carbonyl (C=O) groups excluding carboxylic acids is 2. The monoisotopic (exact) mass is 589 g/mol. The number of para-hydroxylation sites is 1. The summed E-state index contributed by atoms with van der Waals surface area (Å²) in [6.45, 7) is 0.851. The molecular formula is C26H24BrN9O3. The third-order valence-electron chi connectivity index (χ3n) is 6.38. The SMILES string of the molecule is Cn1cc(-c2nc3c4cccc(Br)c4nc(N[C@@H]4CN(C(=O)OCc5ccccc5)CCNC4=O)n3n2)cn1. The zero-order valence-electron chi connectivity index (χ0n) is 20.9. The summed E-state index contributed by atoms with van der Waals surface area (Å²) in [5, 5.41) is 15.8. The largest absolute Gasteiger partial charge is 0.445 e. The molecule has 1 fully saturated rings. The third-order valence-corrected chi connectivity index (χ3v) is 7.02. The van der Waals surface area contributed by atoms with E-state index in [0.29, 0.717) is 36.0 Å². The fourth-order valence-corrected chi connectivity index (χ4v) is 4.88. The predicted molar refractivity (Wildman–Crippen MR) is 147 cm³/mol. The Labute approximate surface area is 231 Å². The van der Waals surface area contributed by atoms with Crippen LogP contribution in [0.3, 0.4) is 0 Å².